The highest BCUT2D eigenvalue weighted by molar-refractivity contribution is 8.20. The number of carbonyl (C=O) groups is 2. The van der Waals surface area contributed by atoms with Crippen molar-refractivity contribution in [2.45, 2.75) is 64.3 Å². The number of aliphatic hydroxyl groups is 1. The van der Waals surface area contributed by atoms with Crippen LogP contribution in [0.15, 0.2) is 24.5 Å². The van der Waals surface area contributed by atoms with Crippen molar-refractivity contribution in [3.05, 3.63) is 30.1 Å². The predicted octanol–water partition coefficient (Wildman–Crippen LogP) is 1.85. The number of aliphatic hydroxyl groups excluding tert-OH is 1. The van der Waals surface area contributed by atoms with Gasteiger partial charge in [0.25, 0.3) is 5.91 Å². The van der Waals surface area contributed by atoms with Crippen molar-refractivity contribution in [1.29, 1.82) is 0 Å². The van der Waals surface area contributed by atoms with Gasteiger partial charge in [-0.3, -0.25) is 18.9 Å². The zero-order valence-corrected chi connectivity index (χ0v) is 20.2. The van der Waals surface area contributed by atoms with Gasteiger partial charge in [-0.15, -0.1) is 0 Å². The standard InChI is InChI=1S/C20H37N5O6S/c1-20(2,3)31-19(28)24-16(10-6-7-12-23-32(29,30)25(4)5)17(26)18(27)22-14-15-9-8-11-21-13-15/h8-9,11,13,16-17,23,26,29-30H,6-7,10,12,14H2,1-5H3,(H,22,27)(H,24,28)/t16-,17?/m0/s1. The first-order valence-electron chi connectivity index (χ1n) is 10.4. The molecule has 6 N–H and O–H groups in total. The van der Waals surface area contributed by atoms with Gasteiger partial charge >= 0.3 is 6.09 Å². The van der Waals surface area contributed by atoms with Gasteiger partial charge in [-0.2, -0.15) is 4.31 Å². The third-order valence-corrected chi connectivity index (χ3v) is 5.90. The van der Waals surface area contributed by atoms with Gasteiger partial charge in [0, 0.05) is 39.6 Å². The lowest BCUT2D eigenvalue weighted by Crippen LogP contribution is -2.51. The second-order valence-corrected chi connectivity index (χ2v) is 10.6. The molecule has 0 aliphatic carbocycles. The maximum atomic E-state index is 12.5. The summed E-state index contributed by atoms with van der Waals surface area (Å²) >= 11 is 0. The normalized spacial score (nSPS) is 14.5. The molecule has 1 rings (SSSR count). The van der Waals surface area contributed by atoms with Gasteiger partial charge < -0.3 is 20.5 Å². The molecule has 0 aliphatic rings. The van der Waals surface area contributed by atoms with Crippen LogP contribution in [0.1, 0.15) is 45.6 Å². The van der Waals surface area contributed by atoms with Crippen LogP contribution in [0, 0.1) is 0 Å². The predicted molar refractivity (Wildman–Crippen MR) is 124 cm³/mol. The fraction of sp³-hybridized carbons (Fsp3) is 0.650. The fourth-order valence-electron chi connectivity index (χ4n) is 2.57. The molecule has 11 nitrogen and oxygen atoms in total. The van der Waals surface area contributed by atoms with E-state index in [2.05, 4.69) is 20.3 Å². The van der Waals surface area contributed by atoms with Gasteiger partial charge in [0.15, 0.2) is 6.10 Å². The van der Waals surface area contributed by atoms with Crippen LogP contribution >= 0.6 is 11.0 Å². The number of nitrogens with zero attached hydrogens (tertiary/aromatic N) is 2. The summed E-state index contributed by atoms with van der Waals surface area (Å²) in [5.74, 6) is -0.630. The molecule has 0 bridgehead atoms. The van der Waals surface area contributed by atoms with Crippen LogP contribution in [-0.2, 0) is 16.1 Å². The summed E-state index contributed by atoms with van der Waals surface area (Å²) in [6.45, 7) is 5.65. The highest BCUT2D eigenvalue weighted by Crippen LogP contribution is 2.34. The monoisotopic (exact) mass is 475 g/mol. The zero-order valence-electron chi connectivity index (χ0n) is 19.4. The maximum Gasteiger partial charge on any atom is 0.407 e. The van der Waals surface area contributed by atoms with E-state index < -0.39 is 40.7 Å². The van der Waals surface area contributed by atoms with Crippen LogP contribution in [0.5, 0.6) is 0 Å². The number of pyridine rings is 1. The van der Waals surface area contributed by atoms with E-state index in [4.69, 9.17) is 4.74 Å². The molecule has 0 saturated carbocycles. The Labute approximate surface area is 191 Å². The topological polar surface area (TPSA) is 156 Å². The number of unbranched alkanes of at least 4 members (excludes halogenated alkanes) is 1. The molecule has 0 fully saturated rings. The van der Waals surface area contributed by atoms with Crippen LogP contribution in [0.3, 0.4) is 0 Å². The number of hydrogen-bond acceptors (Lipinski definition) is 9. The van der Waals surface area contributed by atoms with Crippen molar-refractivity contribution in [1.82, 2.24) is 24.6 Å². The molecular weight excluding hydrogens is 438 g/mol. The third kappa shape index (κ3) is 11.1. The summed E-state index contributed by atoms with van der Waals surface area (Å²) in [4.78, 5) is 28.6. The number of ether oxygens (including phenoxy) is 1. The van der Waals surface area contributed by atoms with Crippen LogP contribution in [0.4, 0.5) is 4.79 Å². The van der Waals surface area contributed by atoms with Gasteiger partial charge in [-0.25, -0.2) is 9.52 Å². The van der Waals surface area contributed by atoms with E-state index >= 15 is 0 Å². The quantitative estimate of drug-likeness (QED) is 0.248. The summed E-state index contributed by atoms with van der Waals surface area (Å²) in [6.07, 6.45) is 2.31. The number of amides is 2. The lowest BCUT2D eigenvalue weighted by Gasteiger charge is -2.38. The summed E-state index contributed by atoms with van der Waals surface area (Å²) < 4.78 is 28.8. The molecule has 1 aromatic rings. The van der Waals surface area contributed by atoms with Gasteiger partial charge in [0.05, 0.1) is 6.04 Å². The van der Waals surface area contributed by atoms with E-state index in [9.17, 15) is 23.8 Å². The van der Waals surface area contributed by atoms with E-state index in [-0.39, 0.29) is 13.0 Å². The lowest BCUT2D eigenvalue weighted by molar-refractivity contribution is -0.131. The minimum atomic E-state index is -3.03. The van der Waals surface area contributed by atoms with E-state index in [0.29, 0.717) is 19.4 Å². The molecule has 12 heteroatoms. The molecular formula is C20H37N5O6S. The molecule has 0 spiro atoms. The van der Waals surface area contributed by atoms with Crippen LogP contribution in [-0.4, -0.2) is 73.9 Å². The van der Waals surface area contributed by atoms with Gasteiger partial charge in [0.1, 0.15) is 5.60 Å². The van der Waals surface area contributed by atoms with E-state index in [1.54, 1.807) is 59.4 Å². The lowest BCUT2D eigenvalue weighted by atomic mass is 10.0. The minimum Gasteiger partial charge on any atom is -0.444 e. The Kier molecular flexibility index (Phi) is 11.3. The van der Waals surface area contributed by atoms with E-state index in [1.165, 1.54) is 4.31 Å². The molecule has 2 amide bonds. The number of carbonyl (C=O) groups excluding carboxylic acids is 2. The summed E-state index contributed by atoms with van der Waals surface area (Å²) in [5, 5.41) is 15.8. The number of hydrogen-bond donors (Lipinski definition) is 6. The van der Waals surface area contributed by atoms with E-state index in [0.717, 1.165) is 5.56 Å². The molecule has 32 heavy (non-hydrogen) atoms. The first-order valence-corrected chi connectivity index (χ1v) is 11.9. The molecule has 0 radical (unpaired) electrons. The molecule has 1 aromatic heterocycles. The minimum absolute atomic E-state index is 0.190. The first kappa shape index (κ1) is 28.1. The average Bonchev–Trinajstić information content (AvgIpc) is 2.69. The molecule has 0 aromatic carbocycles. The molecule has 2 atom stereocenters. The fourth-order valence-corrected chi connectivity index (χ4v) is 3.25. The number of aromatic nitrogens is 1. The SMILES string of the molecule is CN(C)S(O)(O)NCCCC[C@H](NC(=O)OC(C)(C)C)C(O)C(=O)NCc1cccnc1. The Morgan fingerprint density at radius 2 is 1.94 bits per heavy atom. The maximum absolute atomic E-state index is 12.5. The summed E-state index contributed by atoms with van der Waals surface area (Å²) in [6, 6.07) is 2.65. The Morgan fingerprint density at radius 1 is 1.25 bits per heavy atom. The Hall–Kier alpha value is -1.96. The van der Waals surface area contributed by atoms with Crippen LogP contribution < -0.4 is 15.4 Å². The Morgan fingerprint density at radius 3 is 2.50 bits per heavy atom. The zero-order chi connectivity index (χ0) is 24.4. The average molecular weight is 476 g/mol. The first-order chi connectivity index (χ1) is 14.8. The largest absolute Gasteiger partial charge is 0.444 e. The van der Waals surface area contributed by atoms with Crippen molar-refractivity contribution in [2.24, 2.45) is 0 Å². The molecule has 1 unspecified atom stereocenters. The smallest absolute Gasteiger partial charge is 0.407 e. The molecule has 184 valence electrons. The van der Waals surface area contributed by atoms with Crippen molar-refractivity contribution in [2.75, 3.05) is 20.6 Å². The second kappa shape index (κ2) is 12.9. The number of alkyl carbamates (subject to hydrolysis) is 1. The van der Waals surface area contributed by atoms with Gasteiger partial charge in [-0.05, 0) is 51.7 Å². The Bertz CT molecular complexity index is 714. The second-order valence-electron chi connectivity index (χ2n) is 8.50. The highest BCUT2D eigenvalue weighted by Gasteiger charge is 2.29. The van der Waals surface area contributed by atoms with Crippen LogP contribution in [0.25, 0.3) is 0 Å². The van der Waals surface area contributed by atoms with Crippen molar-refractivity contribution >= 4 is 23.0 Å². The Balaban J connectivity index is 2.65. The van der Waals surface area contributed by atoms with Crippen molar-refractivity contribution in [3.8, 4) is 0 Å². The van der Waals surface area contributed by atoms with Crippen LogP contribution in [0.2, 0.25) is 0 Å². The number of rotatable bonds is 12. The van der Waals surface area contributed by atoms with Crippen molar-refractivity contribution in [3.63, 3.8) is 0 Å². The summed E-state index contributed by atoms with van der Waals surface area (Å²) in [7, 11) is 0.0637. The van der Waals surface area contributed by atoms with E-state index in [1.807, 2.05) is 0 Å². The summed E-state index contributed by atoms with van der Waals surface area (Å²) in [5.41, 5.74) is 0.0442. The van der Waals surface area contributed by atoms with Gasteiger partial charge in [0.2, 0.25) is 0 Å². The molecule has 0 saturated heterocycles. The number of nitrogens with one attached hydrogen (secondary N) is 3. The van der Waals surface area contributed by atoms with Crippen molar-refractivity contribution < 1.29 is 28.5 Å². The highest BCUT2D eigenvalue weighted by atomic mass is 32.3. The van der Waals surface area contributed by atoms with Gasteiger partial charge in [-0.1, -0.05) is 17.0 Å². The molecule has 1 heterocycles. The third-order valence-electron chi connectivity index (χ3n) is 4.29. The molecule has 0 aliphatic heterocycles.